The van der Waals surface area contributed by atoms with Crippen molar-refractivity contribution in [2.24, 2.45) is 10.7 Å². The highest BCUT2D eigenvalue weighted by molar-refractivity contribution is 6.44. The fourth-order valence-electron chi connectivity index (χ4n) is 3.11. The van der Waals surface area contributed by atoms with Gasteiger partial charge in [0, 0.05) is 21.0 Å². The highest BCUT2D eigenvalue weighted by Gasteiger charge is 2.35. The van der Waals surface area contributed by atoms with Gasteiger partial charge in [-0.25, -0.2) is 4.99 Å². The summed E-state index contributed by atoms with van der Waals surface area (Å²) in [7, 11) is 0. The van der Waals surface area contributed by atoms with Crippen LogP contribution in [-0.4, -0.2) is 16.6 Å². The molecule has 2 N–H and O–H groups in total. The monoisotopic (exact) mass is 355 g/mol. The van der Waals surface area contributed by atoms with E-state index in [4.69, 9.17) is 28.9 Å². The van der Waals surface area contributed by atoms with Crippen LogP contribution in [0.25, 0.3) is 10.9 Å². The topological polar surface area (TPSA) is 68.3 Å². The van der Waals surface area contributed by atoms with Crippen LogP contribution in [0.4, 0.5) is 5.69 Å². The molecule has 1 aliphatic heterocycles. The molecule has 2 aromatic carbocycles. The zero-order chi connectivity index (χ0) is 16.8. The fraction of sp³-hybridized carbons (Fsp3) is 0.0556. The molecule has 0 saturated carbocycles. The number of hydrogen-bond acceptors (Lipinski definition) is 3. The molecule has 0 fully saturated rings. The number of nitrogens with zero attached hydrogens (tertiary/aromatic N) is 2. The number of nitrogens with two attached hydrogens (primary N) is 1. The number of halogens is 2. The summed E-state index contributed by atoms with van der Waals surface area (Å²) in [5.74, 6) is -1.01. The third-order valence-corrected chi connectivity index (χ3v) is 4.70. The van der Waals surface area contributed by atoms with Crippen molar-refractivity contribution in [3.63, 3.8) is 0 Å². The first-order valence-electron chi connectivity index (χ1n) is 7.27. The van der Waals surface area contributed by atoms with Crippen molar-refractivity contribution in [2.75, 3.05) is 0 Å². The lowest BCUT2D eigenvalue weighted by molar-refractivity contribution is -0.112. The normalized spacial score (nSPS) is 16.1. The van der Waals surface area contributed by atoms with E-state index in [9.17, 15) is 4.79 Å². The second-order valence-electron chi connectivity index (χ2n) is 5.53. The minimum absolute atomic E-state index is 0.257. The predicted molar refractivity (Wildman–Crippen MR) is 96.3 cm³/mol. The number of hydrogen-bond donors (Lipinski definition) is 1. The molecule has 0 saturated heterocycles. The van der Waals surface area contributed by atoms with E-state index in [1.807, 2.05) is 30.3 Å². The number of carbonyl (C=O) groups is 1. The van der Waals surface area contributed by atoms with Crippen molar-refractivity contribution in [3.8, 4) is 0 Å². The van der Waals surface area contributed by atoms with Gasteiger partial charge >= 0.3 is 0 Å². The van der Waals surface area contributed by atoms with Crippen molar-refractivity contribution >= 4 is 51.4 Å². The van der Waals surface area contributed by atoms with Gasteiger partial charge in [0.05, 0.1) is 23.3 Å². The van der Waals surface area contributed by atoms with Crippen molar-refractivity contribution in [1.29, 1.82) is 0 Å². The first-order valence-corrected chi connectivity index (χ1v) is 8.03. The number of amides is 1. The molecule has 4 rings (SSSR count). The van der Waals surface area contributed by atoms with Gasteiger partial charge < -0.3 is 5.73 Å². The average molecular weight is 356 g/mol. The Kier molecular flexibility index (Phi) is 3.52. The van der Waals surface area contributed by atoms with Gasteiger partial charge in [0.2, 0.25) is 0 Å². The molecule has 1 amide bonds. The van der Waals surface area contributed by atoms with E-state index in [1.165, 1.54) is 0 Å². The van der Waals surface area contributed by atoms with Crippen molar-refractivity contribution in [3.05, 3.63) is 69.8 Å². The number of primary amides is 1. The van der Waals surface area contributed by atoms with Crippen LogP contribution in [0, 0.1) is 0 Å². The second-order valence-corrected chi connectivity index (χ2v) is 6.38. The number of fused-ring (bicyclic) bond motifs is 3. The third kappa shape index (κ3) is 2.27. The minimum atomic E-state index is -0.578. The molecule has 1 aromatic heterocycles. The van der Waals surface area contributed by atoms with Crippen LogP contribution in [0.3, 0.4) is 0 Å². The molecule has 6 heteroatoms. The number of aliphatic imine (C=N–C) groups is 1. The summed E-state index contributed by atoms with van der Waals surface area (Å²) >= 11 is 12.5. The summed E-state index contributed by atoms with van der Waals surface area (Å²) < 4.78 is 0. The number of carbonyl (C=O) groups excluding carboxylic acids is 1. The van der Waals surface area contributed by atoms with Gasteiger partial charge in [-0.15, -0.1) is 0 Å². The third-order valence-electron chi connectivity index (χ3n) is 4.12. The van der Waals surface area contributed by atoms with E-state index in [1.54, 1.807) is 18.3 Å². The summed E-state index contributed by atoms with van der Waals surface area (Å²) in [5, 5.41) is 1.98. The van der Waals surface area contributed by atoms with Crippen LogP contribution < -0.4 is 5.73 Å². The van der Waals surface area contributed by atoms with Crippen LogP contribution in [0.15, 0.2) is 53.7 Å². The fourth-order valence-corrected chi connectivity index (χ4v) is 3.52. The molecule has 118 valence electrons. The van der Waals surface area contributed by atoms with E-state index in [0.717, 1.165) is 22.0 Å². The smallest absolute Gasteiger partial charge is 0.264 e. The van der Waals surface area contributed by atoms with Gasteiger partial charge in [0.25, 0.3) is 5.91 Å². The lowest BCUT2D eigenvalue weighted by Crippen LogP contribution is -2.27. The molecule has 3 aromatic rings. The molecular weight excluding hydrogens is 345 g/mol. The van der Waals surface area contributed by atoms with Crippen LogP contribution >= 0.6 is 23.2 Å². The Morgan fingerprint density at radius 2 is 1.92 bits per heavy atom. The zero-order valence-electron chi connectivity index (χ0n) is 12.3. The number of aromatic nitrogens is 1. The number of benzene rings is 2. The molecule has 0 spiro atoms. The van der Waals surface area contributed by atoms with Crippen LogP contribution in [0.1, 0.15) is 17.0 Å². The molecule has 1 atom stereocenters. The lowest BCUT2D eigenvalue weighted by atomic mass is 9.86. The molecule has 2 heterocycles. The molecule has 4 nitrogen and oxygen atoms in total. The summed E-state index contributed by atoms with van der Waals surface area (Å²) in [6.07, 6.45) is 1.64. The predicted octanol–water partition coefficient (Wildman–Crippen LogP) is 4.24. The summed E-state index contributed by atoms with van der Waals surface area (Å²) in [5.41, 5.74) is 8.85. The first-order chi connectivity index (χ1) is 11.6. The Labute approximate surface area is 147 Å². The first kappa shape index (κ1) is 15.1. The maximum atomic E-state index is 12.0. The number of rotatable bonds is 2. The Morgan fingerprint density at radius 3 is 2.67 bits per heavy atom. The Bertz CT molecular complexity index is 1030. The SMILES string of the molecule is NC(=O)C1=Nc2cnc3ccc(Cl)cc3c2C1c1ccccc1Cl. The largest absolute Gasteiger partial charge is 0.365 e. The van der Waals surface area contributed by atoms with Crippen LogP contribution in [0.2, 0.25) is 10.0 Å². The average Bonchev–Trinajstić information content (AvgIpc) is 2.95. The summed E-state index contributed by atoms with van der Waals surface area (Å²) in [4.78, 5) is 20.8. The van der Waals surface area contributed by atoms with Gasteiger partial charge in [-0.05, 0) is 29.8 Å². The van der Waals surface area contributed by atoms with Crippen molar-refractivity contribution in [2.45, 2.75) is 5.92 Å². The van der Waals surface area contributed by atoms with E-state index in [-0.39, 0.29) is 5.71 Å². The molecule has 0 radical (unpaired) electrons. The molecule has 0 bridgehead atoms. The quantitative estimate of drug-likeness (QED) is 0.746. The number of pyridine rings is 1. The molecule has 1 aliphatic rings. The lowest BCUT2D eigenvalue weighted by Gasteiger charge is -2.17. The van der Waals surface area contributed by atoms with E-state index in [0.29, 0.717) is 15.7 Å². The minimum Gasteiger partial charge on any atom is -0.365 e. The maximum Gasteiger partial charge on any atom is 0.264 e. The summed E-state index contributed by atoms with van der Waals surface area (Å²) in [6.45, 7) is 0. The maximum absolute atomic E-state index is 12.0. The Morgan fingerprint density at radius 1 is 1.12 bits per heavy atom. The summed E-state index contributed by atoms with van der Waals surface area (Å²) in [6, 6.07) is 12.8. The Balaban J connectivity index is 2.06. The van der Waals surface area contributed by atoms with Crippen LogP contribution in [-0.2, 0) is 4.79 Å². The highest BCUT2D eigenvalue weighted by atomic mass is 35.5. The van der Waals surface area contributed by atoms with Gasteiger partial charge in [-0.1, -0.05) is 41.4 Å². The van der Waals surface area contributed by atoms with Gasteiger partial charge in [0.15, 0.2) is 0 Å². The van der Waals surface area contributed by atoms with Gasteiger partial charge in [-0.2, -0.15) is 0 Å². The van der Waals surface area contributed by atoms with E-state index >= 15 is 0 Å². The zero-order valence-corrected chi connectivity index (χ0v) is 13.8. The Hall–Kier alpha value is -2.43. The van der Waals surface area contributed by atoms with Crippen molar-refractivity contribution in [1.82, 2.24) is 4.98 Å². The van der Waals surface area contributed by atoms with E-state index in [2.05, 4.69) is 9.98 Å². The van der Waals surface area contributed by atoms with Gasteiger partial charge in [-0.3, -0.25) is 9.78 Å². The standard InChI is InChI=1S/C18H11Cl2N3O/c19-9-5-6-13-11(7-9)15-14(8-22-13)23-17(18(21)24)16(15)10-3-1-2-4-12(10)20/h1-8,16H,(H2,21,24). The second kappa shape index (κ2) is 5.58. The van der Waals surface area contributed by atoms with Gasteiger partial charge in [0.1, 0.15) is 5.71 Å². The molecular formula is C18H11Cl2N3O. The van der Waals surface area contributed by atoms with Crippen LogP contribution in [0.5, 0.6) is 0 Å². The molecule has 24 heavy (non-hydrogen) atoms. The molecule has 1 unspecified atom stereocenters. The molecule has 0 aliphatic carbocycles. The van der Waals surface area contributed by atoms with Crippen molar-refractivity contribution < 1.29 is 4.79 Å². The van der Waals surface area contributed by atoms with E-state index < -0.39 is 11.8 Å². The highest BCUT2D eigenvalue weighted by Crippen LogP contribution is 2.45.